The second kappa shape index (κ2) is 5.65. The minimum absolute atomic E-state index is 0.173. The molecule has 0 aliphatic heterocycles. The molecule has 0 aliphatic rings. The maximum atomic E-state index is 13.3. The van der Waals surface area contributed by atoms with Gasteiger partial charge >= 0.3 is 0 Å². The smallest absolute Gasteiger partial charge is 0.125 e. The van der Waals surface area contributed by atoms with Crippen LogP contribution in [-0.4, -0.2) is 0 Å². The van der Waals surface area contributed by atoms with E-state index >= 15 is 0 Å². The zero-order valence-corrected chi connectivity index (χ0v) is 11.5. The van der Waals surface area contributed by atoms with E-state index in [0.717, 1.165) is 16.9 Å². The fraction of sp³-hybridized carbons (Fsp3) is 0.231. The summed E-state index contributed by atoms with van der Waals surface area (Å²) in [7, 11) is 0. The van der Waals surface area contributed by atoms with Crippen molar-refractivity contribution in [1.82, 2.24) is 5.43 Å². The van der Waals surface area contributed by atoms with Crippen molar-refractivity contribution in [1.29, 1.82) is 0 Å². The third-order valence-corrected chi connectivity index (χ3v) is 3.24. The van der Waals surface area contributed by atoms with Crippen molar-refractivity contribution in [3.8, 4) is 0 Å². The molecule has 1 aromatic heterocycles. The van der Waals surface area contributed by atoms with Gasteiger partial charge in [0.1, 0.15) is 11.6 Å². The van der Waals surface area contributed by atoms with Gasteiger partial charge in [-0.3, -0.25) is 5.84 Å². The first-order chi connectivity index (χ1) is 8.60. The fourth-order valence-electron chi connectivity index (χ4n) is 1.93. The van der Waals surface area contributed by atoms with Crippen LogP contribution in [0.4, 0.5) is 4.39 Å². The molecule has 0 radical (unpaired) electrons. The largest absolute Gasteiger partial charge is 0.467 e. The lowest BCUT2D eigenvalue weighted by Gasteiger charge is -2.15. The Kier molecular flexibility index (Phi) is 4.16. The lowest BCUT2D eigenvalue weighted by molar-refractivity contribution is 0.413. The molecule has 18 heavy (non-hydrogen) atoms. The van der Waals surface area contributed by atoms with Gasteiger partial charge in [0.05, 0.1) is 12.3 Å². The minimum atomic E-state index is -0.272. The number of nitrogens with one attached hydrogen (secondary N) is 1. The first-order valence-electron chi connectivity index (χ1n) is 5.55. The average Bonchev–Trinajstić information content (AvgIpc) is 2.71. The molecule has 0 saturated carbocycles. The summed E-state index contributed by atoms with van der Waals surface area (Å²) < 4.78 is 19.4. The summed E-state index contributed by atoms with van der Waals surface area (Å²) in [4.78, 5) is 0. The molecule has 1 unspecified atom stereocenters. The van der Waals surface area contributed by atoms with E-state index in [1.165, 1.54) is 12.1 Å². The zero-order valence-electron chi connectivity index (χ0n) is 9.91. The first kappa shape index (κ1) is 13.3. The van der Waals surface area contributed by atoms with Gasteiger partial charge in [-0.25, -0.2) is 9.82 Å². The predicted octanol–water partition coefficient (Wildman–Crippen LogP) is 3.24. The Morgan fingerprint density at radius 3 is 2.78 bits per heavy atom. The zero-order chi connectivity index (χ0) is 13.1. The fourth-order valence-corrected chi connectivity index (χ4v) is 2.45. The van der Waals surface area contributed by atoms with E-state index in [0.29, 0.717) is 10.9 Å². The average molecular weight is 313 g/mol. The van der Waals surface area contributed by atoms with Crippen LogP contribution in [0.5, 0.6) is 0 Å². The van der Waals surface area contributed by atoms with Gasteiger partial charge in [0.25, 0.3) is 0 Å². The molecule has 0 amide bonds. The summed E-state index contributed by atoms with van der Waals surface area (Å²) in [5, 5.41) is 0. The number of nitrogens with two attached hydrogens (primary N) is 1. The number of furan rings is 1. The maximum absolute atomic E-state index is 13.3. The molecule has 2 aromatic rings. The van der Waals surface area contributed by atoms with Gasteiger partial charge in [-0.05, 0) is 48.7 Å². The highest BCUT2D eigenvalue weighted by atomic mass is 79.9. The molecule has 1 heterocycles. The van der Waals surface area contributed by atoms with Crippen molar-refractivity contribution < 1.29 is 8.81 Å². The van der Waals surface area contributed by atoms with Gasteiger partial charge in [-0.1, -0.05) is 15.9 Å². The van der Waals surface area contributed by atoms with Crippen molar-refractivity contribution in [2.75, 3.05) is 0 Å². The summed E-state index contributed by atoms with van der Waals surface area (Å²) >= 11 is 3.27. The molecule has 0 saturated heterocycles. The van der Waals surface area contributed by atoms with Crippen molar-refractivity contribution in [3.05, 3.63) is 57.7 Å². The van der Waals surface area contributed by atoms with Gasteiger partial charge in [-0.2, -0.15) is 0 Å². The van der Waals surface area contributed by atoms with E-state index < -0.39 is 0 Å². The van der Waals surface area contributed by atoms with Crippen LogP contribution in [0, 0.1) is 12.7 Å². The molecule has 1 atom stereocenters. The van der Waals surface area contributed by atoms with Crippen LogP contribution in [-0.2, 0) is 6.42 Å². The first-order valence-corrected chi connectivity index (χ1v) is 6.34. The topological polar surface area (TPSA) is 51.2 Å². The molecule has 2 rings (SSSR count). The summed E-state index contributed by atoms with van der Waals surface area (Å²) in [5.41, 5.74) is 4.57. The Balaban J connectivity index is 2.23. The van der Waals surface area contributed by atoms with E-state index in [-0.39, 0.29) is 11.9 Å². The second-order valence-corrected chi connectivity index (χ2v) is 5.08. The number of benzene rings is 1. The monoisotopic (exact) mass is 312 g/mol. The molecule has 3 N–H and O–H groups in total. The summed E-state index contributed by atoms with van der Waals surface area (Å²) in [6.45, 7) is 1.95. The molecule has 0 aliphatic carbocycles. The van der Waals surface area contributed by atoms with Crippen molar-refractivity contribution in [2.24, 2.45) is 5.84 Å². The number of hydrogen-bond donors (Lipinski definition) is 2. The Labute approximate surface area is 113 Å². The van der Waals surface area contributed by atoms with Gasteiger partial charge in [0.2, 0.25) is 0 Å². The van der Waals surface area contributed by atoms with E-state index in [4.69, 9.17) is 10.3 Å². The van der Waals surface area contributed by atoms with Crippen LogP contribution in [0.2, 0.25) is 0 Å². The van der Waals surface area contributed by atoms with Gasteiger partial charge < -0.3 is 4.42 Å². The Bertz CT molecular complexity index is 521. The van der Waals surface area contributed by atoms with E-state index in [1.54, 1.807) is 6.26 Å². The van der Waals surface area contributed by atoms with Crippen LogP contribution < -0.4 is 11.3 Å². The lowest BCUT2D eigenvalue weighted by atomic mass is 10.0. The number of halogens is 2. The number of rotatable bonds is 4. The standard InChI is InChI=1S/C13H14BrFN2O/c1-8-2-3-18-13(8)12(17-16)6-9-4-10(14)7-11(15)5-9/h2-5,7,12,17H,6,16H2,1H3. The van der Waals surface area contributed by atoms with Crippen molar-refractivity contribution >= 4 is 15.9 Å². The van der Waals surface area contributed by atoms with E-state index in [9.17, 15) is 4.39 Å². The maximum Gasteiger partial charge on any atom is 0.125 e. The molecule has 1 aromatic carbocycles. The van der Waals surface area contributed by atoms with Gasteiger partial charge in [0.15, 0.2) is 0 Å². The third-order valence-electron chi connectivity index (χ3n) is 2.78. The van der Waals surface area contributed by atoms with Gasteiger partial charge in [-0.15, -0.1) is 0 Å². The molecule has 0 fully saturated rings. The SMILES string of the molecule is Cc1ccoc1C(Cc1cc(F)cc(Br)c1)NN. The highest BCUT2D eigenvalue weighted by Crippen LogP contribution is 2.24. The summed E-state index contributed by atoms with van der Waals surface area (Å²) in [6.07, 6.45) is 2.18. The quantitative estimate of drug-likeness (QED) is 0.673. The highest BCUT2D eigenvalue weighted by molar-refractivity contribution is 9.10. The molecular weight excluding hydrogens is 299 g/mol. The molecule has 3 nitrogen and oxygen atoms in total. The lowest BCUT2D eigenvalue weighted by Crippen LogP contribution is -2.29. The van der Waals surface area contributed by atoms with Crippen LogP contribution in [0.1, 0.15) is 22.9 Å². The number of hydrogen-bond acceptors (Lipinski definition) is 3. The molecule has 96 valence electrons. The summed E-state index contributed by atoms with van der Waals surface area (Å²) in [6, 6.07) is 6.49. The Morgan fingerprint density at radius 1 is 1.44 bits per heavy atom. The Morgan fingerprint density at radius 2 is 2.22 bits per heavy atom. The Hall–Kier alpha value is -1.17. The summed E-state index contributed by atoms with van der Waals surface area (Å²) in [5.74, 6) is 6.05. The van der Waals surface area contributed by atoms with E-state index in [2.05, 4.69) is 21.4 Å². The normalized spacial score (nSPS) is 12.7. The van der Waals surface area contributed by atoms with Crippen LogP contribution in [0.15, 0.2) is 39.4 Å². The third kappa shape index (κ3) is 2.98. The minimum Gasteiger partial charge on any atom is -0.467 e. The second-order valence-electron chi connectivity index (χ2n) is 4.17. The molecular formula is C13H14BrFN2O. The molecule has 0 bridgehead atoms. The molecule has 5 heteroatoms. The number of aryl methyl sites for hydroxylation is 1. The van der Waals surface area contributed by atoms with Crippen LogP contribution in [0.3, 0.4) is 0 Å². The van der Waals surface area contributed by atoms with Gasteiger partial charge in [0, 0.05) is 4.47 Å². The highest BCUT2D eigenvalue weighted by Gasteiger charge is 2.16. The van der Waals surface area contributed by atoms with Crippen molar-refractivity contribution in [3.63, 3.8) is 0 Å². The molecule has 0 spiro atoms. The predicted molar refractivity (Wildman–Crippen MR) is 71.3 cm³/mol. The van der Waals surface area contributed by atoms with Crippen molar-refractivity contribution in [2.45, 2.75) is 19.4 Å². The van der Waals surface area contributed by atoms with E-state index in [1.807, 2.05) is 19.1 Å². The van der Waals surface area contributed by atoms with Crippen LogP contribution in [0.25, 0.3) is 0 Å². The van der Waals surface area contributed by atoms with Crippen LogP contribution >= 0.6 is 15.9 Å². The number of hydrazine groups is 1.